The van der Waals surface area contributed by atoms with Gasteiger partial charge < -0.3 is 5.73 Å². The average molecular weight is 189 g/mol. The van der Waals surface area contributed by atoms with Crippen LogP contribution in [0.1, 0.15) is 5.56 Å². The maximum absolute atomic E-state index is 5.68. The Hall–Kier alpha value is -1.28. The quantitative estimate of drug-likeness (QED) is 0.731. The third-order valence-corrected chi connectivity index (χ3v) is 2.84. The van der Waals surface area contributed by atoms with Crippen LogP contribution in [0.3, 0.4) is 0 Å². The molecule has 1 nitrogen and oxygen atoms in total. The summed E-state index contributed by atoms with van der Waals surface area (Å²) in [5.41, 5.74) is 9.47. The molecule has 0 fully saturated rings. The highest BCUT2D eigenvalue weighted by Gasteiger charge is 2.01. The minimum atomic E-state index is 0.873. The first kappa shape index (κ1) is 8.32. The molecule has 0 saturated carbocycles. The summed E-state index contributed by atoms with van der Waals surface area (Å²) in [4.78, 5) is 0. The van der Waals surface area contributed by atoms with E-state index in [-0.39, 0.29) is 0 Å². The summed E-state index contributed by atoms with van der Waals surface area (Å²) in [5.74, 6) is 0. The van der Waals surface area contributed by atoms with Crippen LogP contribution >= 0.6 is 11.3 Å². The molecule has 0 aliphatic heterocycles. The number of benzene rings is 1. The number of nitrogen functional groups attached to an aromatic ring is 1. The van der Waals surface area contributed by atoms with E-state index in [1.165, 1.54) is 16.7 Å². The van der Waals surface area contributed by atoms with Gasteiger partial charge in [0.15, 0.2) is 0 Å². The molecule has 0 amide bonds. The van der Waals surface area contributed by atoms with Crippen LogP contribution in [0.2, 0.25) is 0 Å². The topological polar surface area (TPSA) is 26.0 Å². The summed E-state index contributed by atoms with van der Waals surface area (Å²) >= 11 is 1.59. The Kier molecular flexibility index (Phi) is 2.07. The Morgan fingerprint density at radius 2 is 2.00 bits per heavy atom. The van der Waals surface area contributed by atoms with Gasteiger partial charge in [0, 0.05) is 5.38 Å². The van der Waals surface area contributed by atoms with Crippen molar-refractivity contribution in [1.82, 2.24) is 0 Å². The Bertz CT molecular complexity index is 418. The van der Waals surface area contributed by atoms with Crippen LogP contribution in [0.5, 0.6) is 0 Å². The van der Waals surface area contributed by atoms with Crippen molar-refractivity contribution in [2.75, 3.05) is 5.73 Å². The predicted molar refractivity (Wildman–Crippen MR) is 58.9 cm³/mol. The van der Waals surface area contributed by atoms with Crippen LogP contribution in [-0.4, -0.2) is 0 Å². The molecule has 0 atom stereocenters. The standard InChI is InChI=1S/C11H11NS/c1-8-4-2-3-5-10(8)9-6-11(12)13-7-9/h2-7H,12H2,1H3. The van der Waals surface area contributed by atoms with Gasteiger partial charge in [0.2, 0.25) is 0 Å². The van der Waals surface area contributed by atoms with Crippen molar-refractivity contribution in [3.63, 3.8) is 0 Å². The number of hydrogen-bond acceptors (Lipinski definition) is 2. The van der Waals surface area contributed by atoms with E-state index in [1.54, 1.807) is 11.3 Å². The maximum atomic E-state index is 5.68. The molecule has 0 aliphatic carbocycles. The Labute approximate surface area is 81.8 Å². The zero-order valence-corrected chi connectivity index (χ0v) is 8.27. The van der Waals surface area contributed by atoms with E-state index in [2.05, 4.69) is 36.6 Å². The molecule has 66 valence electrons. The third-order valence-electron chi connectivity index (χ3n) is 2.08. The first-order chi connectivity index (χ1) is 6.27. The molecule has 0 saturated heterocycles. The minimum Gasteiger partial charge on any atom is -0.391 e. The van der Waals surface area contributed by atoms with Crippen LogP contribution in [0.25, 0.3) is 11.1 Å². The summed E-state index contributed by atoms with van der Waals surface area (Å²) in [6.07, 6.45) is 0. The van der Waals surface area contributed by atoms with Gasteiger partial charge in [-0.05, 0) is 29.7 Å². The van der Waals surface area contributed by atoms with Crippen molar-refractivity contribution in [2.24, 2.45) is 0 Å². The van der Waals surface area contributed by atoms with Crippen molar-refractivity contribution < 1.29 is 0 Å². The second-order valence-electron chi connectivity index (χ2n) is 3.05. The molecule has 0 unspecified atom stereocenters. The molecule has 1 heterocycles. The summed E-state index contributed by atoms with van der Waals surface area (Å²) in [6.45, 7) is 2.11. The molecule has 0 bridgehead atoms. The highest BCUT2D eigenvalue weighted by Crippen LogP contribution is 2.28. The molecule has 0 spiro atoms. The van der Waals surface area contributed by atoms with Crippen LogP contribution in [0, 0.1) is 6.92 Å². The van der Waals surface area contributed by atoms with Gasteiger partial charge in [0.05, 0.1) is 5.00 Å². The lowest BCUT2D eigenvalue weighted by Gasteiger charge is -2.01. The molecule has 1 aromatic heterocycles. The van der Waals surface area contributed by atoms with Gasteiger partial charge in [-0.15, -0.1) is 11.3 Å². The van der Waals surface area contributed by atoms with Gasteiger partial charge >= 0.3 is 0 Å². The van der Waals surface area contributed by atoms with E-state index in [0.717, 1.165) is 5.00 Å². The fourth-order valence-corrected chi connectivity index (χ4v) is 2.04. The number of aryl methyl sites for hydroxylation is 1. The highest BCUT2D eigenvalue weighted by molar-refractivity contribution is 7.14. The smallest absolute Gasteiger partial charge is 0.0862 e. The minimum absolute atomic E-state index is 0.873. The second kappa shape index (κ2) is 3.23. The molecule has 13 heavy (non-hydrogen) atoms. The van der Waals surface area contributed by atoms with E-state index < -0.39 is 0 Å². The lowest BCUT2D eigenvalue weighted by Crippen LogP contribution is -1.79. The van der Waals surface area contributed by atoms with Crippen molar-refractivity contribution in [3.8, 4) is 11.1 Å². The van der Waals surface area contributed by atoms with Crippen molar-refractivity contribution in [3.05, 3.63) is 41.3 Å². The summed E-state index contributed by atoms with van der Waals surface area (Å²) in [5, 5.41) is 2.97. The van der Waals surface area contributed by atoms with Gasteiger partial charge in [0.25, 0.3) is 0 Å². The maximum Gasteiger partial charge on any atom is 0.0862 e. The van der Waals surface area contributed by atoms with Gasteiger partial charge in [-0.25, -0.2) is 0 Å². The lowest BCUT2D eigenvalue weighted by molar-refractivity contribution is 1.47. The Morgan fingerprint density at radius 1 is 1.23 bits per heavy atom. The number of anilines is 1. The van der Waals surface area contributed by atoms with Crippen molar-refractivity contribution in [1.29, 1.82) is 0 Å². The van der Waals surface area contributed by atoms with Gasteiger partial charge in [-0.3, -0.25) is 0 Å². The molecule has 2 heteroatoms. The number of nitrogens with two attached hydrogens (primary N) is 1. The highest BCUT2D eigenvalue weighted by atomic mass is 32.1. The molecule has 2 N–H and O–H groups in total. The first-order valence-electron chi connectivity index (χ1n) is 4.17. The van der Waals surface area contributed by atoms with Crippen molar-refractivity contribution in [2.45, 2.75) is 6.92 Å². The van der Waals surface area contributed by atoms with E-state index in [9.17, 15) is 0 Å². The van der Waals surface area contributed by atoms with Crippen LogP contribution in [-0.2, 0) is 0 Å². The van der Waals surface area contributed by atoms with Gasteiger partial charge in [0.1, 0.15) is 0 Å². The second-order valence-corrected chi connectivity index (χ2v) is 4.00. The fraction of sp³-hybridized carbons (Fsp3) is 0.0909. The van der Waals surface area contributed by atoms with Crippen molar-refractivity contribution >= 4 is 16.3 Å². The van der Waals surface area contributed by atoms with Gasteiger partial charge in [-0.2, -0.15) is 0 Å². The van der Waals surface area contributed by atoms with E-state index in [0.29, 0.717) is 0 Å². The molecular formula is C11H11NS. The predicted octanol–water partition coefficient (Wildman–Crippen LogP) is 3.31. The normalized spacial score (nSPS) is 10.2. The molecule has 2 rings (SSSR count). The Balaban J connectivity index is 2.52. The summed E-state index contributed by atoms with van der Waals surface area (Å²) in [7, 11) is 0. The summed E-state index contributed by atoms with van der Waals surface area (Å²) < 4.78 is 0. The SMILES string of the molecule is Cc1ccccc1-c1csc(N)c1. The number of thiophene rings is 1. The zero-order chi connectivity index (χ0) is 9.26. The monoisotopic (exact) mass is 189 g/mol. The van der Waals surface area contributed by atoms with Crippen LogP contribution < -0.4 is 5.73 Å². The number of rotatable bonds is 1. The molecule has 0 radical (unpaired) electrons. The van der Waals surface area contributed by atoms with E-state index in [1.807, 2.05) is 6.07 Å². The Morgan fingerprint density at radius 3 is 2.62 bits per heavy atom. The molecule has 2 aromatic rings. The third kappa shape index (κ3) is 1.58. The van der Waals surface area contributed by atoms with E-state index >= 15 is 0 Å². The van der Waals surface area contributed by atoms with Gasteiger partial charge in [-0.1, -0.05) is 24.3 Å². The summed E-state index contributed by atoms with van der Waals surface area (Å²) in [6, 6.07) is 10.4. The first-order valence-corrected chi connectivity index (χ1v) is 5.05. The van der Waals surface area contributed by atoms with Crippen LogP contribution in [0.15, 0.2) is 35.7 Å². The molecular weight excluding hydrogens is 178 g/mol. The van der Waals surface area contributed by atoms with Crippen LogP contribution in [0.4, 0.5) is 5.00 Å². The van der Waals surface area contributed by atoms with E-state index in [4.69, 9.17) is 5.73 Å². The average Bonchev–Trinajstić information content (AvgIpc) is 2.53. The zero-order valence-electron chi connectivity index (χ0n) is 7.45. The molecule has 0 aliphatic rings. The number of hydrogen-bond donors (Lipinski definition) is 1. The molecule has 1 aromatic carbocycles. The fourth-order valence-electron chi connectivity index (χ4n) is 1.39. The lowest BCUT2D eigenvalue weighted by atomic mass is 10.0. The largest absolute Gasteiger partial charge is 0.391 e.